The van der Waals surface area contributed by atoms with Gasteiger partial charge in [-0.3, -0.25) is 9.59 Å². The van der Waals surface area contributed by atoms with Crippen LogP contribution in [0.4, 0.5) is 21.8 Å². The molecule has 1 aliphatic heterocycles. The fourth-order valence-corrected chi connectivity index (χ4v) is 3.84. The Hall–Kier alpha value is -4.35. The van der Waals surface area contributed by atoms with E-state index in [0.29, 0.717) is 49.1 Å². The number of ether oxygens (including phenoxy) is 1. The van der Waals surface area contributed by atoms with E-state index in [1.165, 1.54) is 13.3 Å². The van der Waals surface area contributed by atoms with E-state index in [2.05, 4.69) is 25.3 Å². The number of benzene rings is 1. The van der Waals surface area contributed by atoms with Gasteiger partial charge >= 0.3 is 0 Å². The van der Waals surface area contributed by atoms with Gasteiger partial charge in [0.15, 0.2) is 17.4 Å². The molecular weight excluding hydrogens is 455 g/mol. The lowest BCUT2D eigenvalue weighted by Gasteiger charge is -2.22. The lowest BCUT2D eigenvalue weighted by atomic mass is 10.1. The molecule has 0 saturated carbocycles. The van der Waals surface area contributed by atoms with Crippen molar-refractivity contribution in [2.24, 2.45) is 5.73 Å². The summed E-state index contributed by atoms with van der Waals surface area (Å²) in [6.45, 7) is 3.96. The number of para-hydroxylation sites is 1. The van der Waals surface area contributed by atoms with Crippen LogP contribution in [-0.2, 0) is 4.79 Å². The number of aromatic nitrogens is 4. The third-order valence-electron chi connectivity index (χ3n) is 5.60. The Morgan fingerprint density at radius 3 is 2.54 bits per heavy atom. The molecule has 3 N–H and O–H groups in total. The Balaban J connectivity index is 1.68. The van der Waals surface area contributed by atoms with Crippen LogP contribution in [0, 0.1) is 5.82 Å². The first-order chi connectivity index (χ1) is 16.9. The second-order valence-electron chi connectivity index (χ2n) is 7.88. The highest BCUT2D eigenvalue weighted by Crippen LogP contribution is 2.36. The van der Waals surface area contributed by atoms with Crippen molar-refractivity contribution in [3.05, 3.63) is 48.2 Å². The molecule has 1 aromatic carbocycles. The number of hydrogen-bond acceptors (Lipinski definition) is 9. The second-order valence-corrected chi connectivity index (χ2v) is 7.88. The number of hydrogen-bond donors (Lipinski definition) is 2. The van der Waals surface area contributed by atoms with E-state index in [9.17, 15) is 14.0 Å². The number of primary amides is 1. The van der Waals surface area contributed by atoms with Gasteiger partial charge in [-0.1, -0.05) is 6.07 Å². The van der Waals surface area contributed by atoms with Crippen molar-refractivity contribution in [1.29, 1.82) is 0 Å². The summed E-state index contributed by atoms with van der Waals surface area (Å²) in [4.78, 5) is 44.6. The molecule has 0 unspecified atom stereocenters. The minimum absolute atomic E-state index is 0.0244. The van der Waals surface area contributed by atoms with Gasteiger partial charge in [0, 0.05) is 39.3 Å². The quantitative estimate of drug-likeness (QED) is 0.542. The summed E-state index contributed by atoms with van der Waals surface area (Å²) in [7, 11) is 1.48. The van der Waals surface area contributed by atoms with Gasteiger partial charge in [-0.15, -0.1) is 0 Å². The first-order valence-electron chi connectivity index (χ1n) is 11.0. The van der Waals surface area contributed by atoms with Crippen LogP contribution in [0.5, 0.6) is 5.75 Å². The first-order valence-corrected chi connectivity index (χ1v) is 11.0. The number of amides is 2. The van der Waals surface area contributed by atoms with Crippen molar-refractivity contribution in [2.75, 3.05) is 43.5 Å². The Labute approximate surface area is 201 Å². The number of anilines is 3. The summed E-state index contributed by atoms with van der Waals surface area (Å²) in [5.74, 6) is 0.0182. The molecule has 1 aliphatic rings. The van der Waals surface area contributed by atoms with Crippen LogP contribution in [0.3, 0.4) is 0 Å². The number of nitrogens with zero attached hydrogens (tertiary/aromatic N) is 6. The van der Waals surface area contributed by atoms with Crippen LogP contribution in [0.25, 0.3) is 11.4 Å². The molecule has 3 aromatic rings. The van der Waals surface area contributed by atoms with E-state index in [1.54, 1.807) is 30.0 Å². The SMILES string of the molecule is COc1c(Nc2nc(N3CCCN(C(C)=O)CC3)ncc2C(N)=O)cccc1-c1ncc(F)cn1. The zero-order chi connectivity index (χ0) is 24.9. The molecule has 11 nitrogen and oxygen atoms in total. The molecule has 2 amide bonds. The lowest BCUT2D eigenvalue weighted by molar-refractivity contribution is -0.128. The molecule has 1 fully saturated rings. The highest BCUT2D eigenvalue weighted by Gasteiger charge is 2.22. The molecule has 1 saturated heterocycles. The normalized spacial score (nSPS) is 13.8. The van der Waals surface area contributed by atoms with Gasteiger partial charge in [0.25, 0.3) is 5.91 Å². The number of rotatable bonds is 6. The standard InChI is InChI=1S/C23H25FN8O3/c1-14(33)31-7-4-8-32(10-9-31)23-28-13-17(20(25)34)22(30-23)29-18-6-3-5-16(19(18)35-2)21-26-11-15(24)12-27-21/h3,5-6,11-13H,4,7-10H2,1-2H3,(H2,25,34)(H,28,29,30). The zero-order valence-electron chi connectivity index (χ0n) is 19.4. The summed E-state index contributed by atoms with van der Waals surface area (Å²) in [6, 6.07) is 5.20. The molecule has 3 heterocycles. The maximum Gasteiger partial charge on any atom is 0.254 e. The van der Waals surface area contributed by atoms with Crippen molar-refractivity contribution in [1.82, 2.24) is 24.8 Å². The van der Waals surface area contributed by atoms with Crippen molar-refractivity contribution < 1.29 is 18.7 Å². The largest absolute Gasteiger partial charge is 0.494 e. The molecule has 182 valence electrons. The van der Waals surface area contributed by atoms with E-state index in [0.717, 1.165) is 18.8 Å². The predicted octanol–water partition coefficient (Wildman–Crippen LogP) is 1.98. The molecule has 0 radical (unpaired) electrons. The fourth-order valence-electron chi connectivity index (χ4n) is 3.84. The monoisotopic (exact) mass is 480 g/mol. The van der Waals surface area contributed by atoms with Crippen LogP contribution >= 0.6 is 0 Å². The Morgan fingerprint density at radius 1 is 1.09 bits per heavy atom. The van der Waals surface area contributed by atoms with Crippen molar-refractivity contribution in [2.45, 2.75) is 13.3 Å². The minimum atomic E-state index is -0.699. The number of carbonyl (C=O) groups excluding carboxylic acids is 2. The summed E-state index contributed by atoms with van der Waals surface area (Å²) < 4.78 is 18.9. The average Bonchev–Trinajstić information content (AvgIpc) is 3.11. The van der Waals surface area contributed by atoms with Crippen molar-refractivity contribution in [3.63, 3.8) is 0 Å². The van der Waals surface area contributed by atoms with Crippen LogP contribution in [0.2, 0.25) is 0 Å². The maximum atomic E-state index is 13.3. The summed E-state index contributed by atoms with van der Waals surface area (Å²) in [5.41, 5.74) is 6.67. The molecule has 0 spiro atoms. The third kappa shape index (κ3) is 5.26. The van der Waals surface area contributed by atoms with Gasteiger partial charge in [-0.05, 0) is 18.6 Å². The van der Waals surface area contributed by atoms with Crippen LogP contribution in [-0.4, -0.2) is 69.9 Å². The summed E-state index contributed by atoms with van der Waals surface area (Å²) in [5, 5.41) is 3.12. The smallest absolute Gasteiger partial charge is 0.254 e. The molecule has 2 aromatic heterocycles. The predicted molar refractivity (Wildman–Crippen MR) is 127 cm³/mol. The molecule has 0 bridgehead atoms. The highest BCUT2D eigenvalue weighted by molar-refractivity contribution is 5.98. The topological polar surface area (TPSA) is 139 Å². The van der Waals surface area contributed by atoms with Gasteiger partial charge in [-0.25, -0.2) is 19.3 Å². The Bertz CT molecular complexity index is 1240. The third-order valence-corrected chi connectivity index (χ3v) is 5.60. The minimum Gasteiger partial charge on any atom is -0.494 e. The van der Waals surface area contributed by atoms with Crippen molar-refractivity contribution in [3.8, 4) is 17.1 Å². The van der Waals surface area contributed by atoms with E-state index in [4.69, 9.17) is 10.5 Å². The van der Waals surface area contributed by atoms with Gasteiger partial charge in [-0.2, -0.15) is 4.98 Å². The number of nitrogens with two attached hydrogens (primary N) is 1. The first kappa shape index (κ1) is 23.8. The van der Waals surface area contributed by atoms with E-state index >= 15 is 0 Å². The molecule has 35 heavy (non-hydrogen) atoms. The molecular formula is C23H25FN8O3. The fraction of sp³-hybridized carbons (Fsp3) is 0.304. The number of nitrogens with one attached hydrogen (secondary N) is 1. The average molecular weight is 481 g/mol. The summed E-state index contributed by atoms with van der Waals surface area (Å²) >= 11 is 0. The van der Waals surface area contributed by atoms with E-state index in [1.807, 2.05) is 4.90 Å². The molecule has 0 atom stereocenters. The van der Waals surface area contributed by atoms with Gasteiger partial charge in [0.05, 0.1) is 30.8 Å². The molecule has 0 aliphatic carbocycles. The van der Waals surface area contributed by atoms with Crippen LogP contribution in [0.15, 0.2) is 36.8 Å². The Morgan fingerprint density at radius 2 is 1.86 bits per heavy atom. The van der Waals surface area contributed by atoms with E-state index < -0.39 is 11.7 Å². The molecule has 4 rings (SSSR count). The van der Waals surface area contributed by atoms with Crippen LogP contribution < -0.4 is 20.7 Å². The van der Waals surface area contributed by atoms with Gasteiger partial charge in [0.2, 0.25) is 11.9 Å². The maximum absolute atomic E-state index is 13.3. The Kier molecular flexibility index (Phi) is 6.99. The second kappa shape index (κ2) is 10.3. The lowest BCUT2D eigenvalue weighted by Crippen LogP contribution is -2.34. The number of halogens is 1. The zero-order valence-corrected chi connectivity index (χ0v) is 19.4. The van der Waals surface area contributed by atoms with Crippen molar-refractivity contribution >= 4 is 29.3 Å². The number of methoxy groups -OCH3 is 1. The summed E-state index contributed by atoms with van der Waals surface area (Å²) in [6.07, 6.45) is 4.27. The van der Waals surface area contributed by atoms with Gasteiger partial charge < -0.3 is 25.6 Å². The van der Waals surface area contributed by atoms with Gasteiger partial charge in [0.1, 0.15) is 11.4 Å². The van der Waals surface area contributed by atoms with E-state index in [-0.39, 0.29) is 23.1 Å². The van der Waals surface area contributed by atoms with Crippen LogP contribution in [0.1, 0.15) is 23.7 Å². The molecule has 12 heteroatoms. The highest BCUT2D eigenvalue weighted by atomic mass is 19.1. The number of carbonyl (C=O) groups is 2.